The number of nitrogens with zero attached hydrogens (tertiary/aromatic N) is 2. The number of rotatable bonds is 4. The number of allylic oxidation sites excluding steroid dienone is 1. The van der Waals surface area contributed by atoms with Crippen molar-refractivity contribution in [1.29, 1.82) is 5.26 Å². The smallest absolute Gasteiger partial charge is 0.244 e. The summed E-state index contributed by atoms with van der Waals surface area (Å²) in [7, 11) is 3.14. The van der Waals surface area contributed by atoms with Gasteiger partial charge in [-0.2, -0.15) is 5.26 Å². The van der Waals surface area contributed by atoms with Crippen LogP contribution in [0, 0.1) is 18.3 Å². The summed E-state index contributed by atoms with van der Waals surface area (Å²) < 4.78 is 16.7. The Hall–Kier alpha value is -3.92. The van der Waals surface area contributed by atoms with Crippen LogP contribution < -0.4 is 19.9 Å². The molecular formula is C22H20N4O3. The van der Waals surface area contributed by atoms with Crippen LogP contribution in [0.4, 0.5) is 0 Å². The second-order valence-electron chi connectivity index (χ2n) is 6.69. The third-order valence-electron chi connectivity index (χ3n) is 5.02. The molecule has 1 aromatic heterocycles. The molecule has 0 fully saturated rings. The fraction of sp³-hybridized carbons (Fsp3) is 0.182. The van der Waals surface area contributed by atoms with E-state index in [-0.39, 0.29) is 5.88 Å². The molecule has 0 aliphatic carbocycles. The molecule has 2 aromatic carbocycles. The second kappa shape index (κ2) is 7.24. The molecule has 0 radical (unpaired) electrons. The first-order valence-corrected chi connectivity index (χ1v) is 9.02. The first kappa shape index (κ1) is 18.4. The van der Waals surface area contributed by atoms with Crippen molar-refractivity contribution >= 4 is 0 Å². The van der Waals surface area contributed by atoms with Crippen LogP contribution >= 0.6 is 0 Å². The van der Waals surface area contributed by atoms with Gasteiger partial charge in [0.15, 0.2) is 11.5 Å². The van der Waals surface area contributed by atoms with Gasteiger partial charge in [-0.05, 0) is 13.0 Å². The molecule has 0 spiro atoms. The van der Waals surface area contributed by atoms with Gasteiger partial charge in [-0.15, -0.1) is 5.10 Å². The number of ether oxygens (including phenoxy) is 3. The van der Waals surface area contributed by atoms with Gasteiger partial charge in [0, 0.05) is 11.1 Å². The van der Waals surface area contributed by atoms with Crippen molar-refractivity contribution in [2.75, 3.05) is 14.2 Å². The number of aromatic nitrogens is 2. The number of fused-ring (bicyclic) bond motifs is 1. The van der Waals surface area contributed by atoms with Crippen molar-refractivity contribution in [2.24, 2.45) is 5.73 Å². The van der Waals surface area contributed by atoms with E-state index in [9.17, 15) is 5.26 Å². The fourth-order valence-corrected chi connectivity index (χ4v) is 3.64. The zero-order valence-corrected chi connectivity index (χ0v) is 16.3. The van der Waals surface area contributed by atoms with E-state index in [1.54, 1.807) is 20.3 Å². The Kier molecular flexibility index (Phi) is 4.61. The maximum Gasteiger partial charge on any atom is 0.244 e. The first-order chi connectivity index (χ1) is 14.1. The number of hydrogen-bond acceptors (Lipinski definition) is 6. The molecule has 146 valence electrons. The molecule has 0 saturated carbocycles. The predicted octanol–water partition coefficient (Wildman–Crippen LogP) is 3.62. The molecule has 3 aromatic rings. The van der Waals surface area contributed by atoms with Gasteiger partial charge < -0.3 is 19.9 Å². The van der Waals surface area contributed by atoms with Crippen molar-refractivity contribution in [3.63, 3.8) is 0 Å². The van der Waals surface area contributed by atoms with E-state index >= 15 is 0 Å². The highest BCUT2D eigenvalue weighted by atomic mass is 16.5. The fourth-order valence-electron chi connectivity index (χ4n) is 3.64. The van der Waals surface area contributed by atoms with E-state index in [0.29, 0.717) is 23.0 Å². The highest BCUT2D eigenvalue weighted by molar-refractivity contribution is 5.72. The van der Waals surface area contributed by atoms with Gasteiger partial charge in [0.1, 0.15) is 11.6 Å². The minimum absolute atomic E-state index is 0.0248. The van der Waals surface area contributed by atoms with Gasteiger partial charge in [0.2, 0.25) is 11.8 Å². The minimum Gasteiger partial charge on any atom is -0.493 e. The lowest BCUT2D eigenvalue weighted by Gasteiger charge is -2.26. The molecule has 1 atom stereocenters. The third-order valence-corrected chi connectivity index (χ3v) is 5.02. The first-order valence-electron chi connectivity index (χ1n) is 9.02. The van der Waals surface area contributed by atoms with Crippen molar-refractivity contribution < 1.29 is 14.2 Å². The van der Waals surface area contributed by atoms with Crippen LogP contribution in [0.3, 0.4) is 0 Å². The van der Waals surface area contributed by atoms with Gasteiger partial charge in [-0.3, -0.25) is 5.10 Å². The Balaban J connectivity index is 1.99. The molecule has 7 heteroatoms. The van der Waals surface area contributed by atoms with Gasteiger partial charge in [-0.1, -0.05) is 42.0 Å². The SMILES string of the molecule is COc1cccc([C@H]2C(C#N)=C(N)Oc3n[nH]c(-c4ccc(C)cc4)c32)c1OC. The van der Waals surface area contributed by atoms with Crippen LogP contribution in [0.5, 0.6) is 17.4 Å². The Morgan fingerprint density at radius 2 is 1.90 bits per heavy atom. The second-order valence-corrected chi connectivity index (χ2v) is 6.69. The molecule has 3 N–H and O–H groups in total. The summed E-state index contributed by atoms with van der Waals surface area (Å²) >= 11 is 0. The lowest BCUT2D eigenvalue weighted by atomic mass is 9.82. The standard InChI is InChI=1S/C22H20N4O3/c1-12-7-9-13(10-8-12)19-18-17(14-5-4-6-16(27-2)20(14)28-3)15(11-23)21(24)29-22(18)26-25-19/h4-10,17H,24H2,1-3H3,(H,25,26)/t17-/m0/s1. The van der Waals surface area contributed by atoms with Crippen molar-refractivity contribution in [2.45, 2.75) is 12.8 Å². The monoisotopic (exact) mass is 388 g/mol. The van der Waals surface area contributed by atoms with Gasteiger partial charge in [-0.25, -0.2) is 0 Å². The van der Waals surface area contributed by atoms with Crippen LogP contribution in [0.25, 0.3) is 11.3 Å². The number of nitrogens with two attached hydrogens (primary N) is 1. The van der Waals surface area contributed by atoms with Crippen molar-refractivity contribution in [3.8, 4) is 34.7 Å². The maximum atomic E-state index is 9.87. The Bertz CT molecular complexity index is 1140. The van der Waals surface area contributed by atoms with Crippen molar-refractivity contribution in [3.05, 3.63) is 70.6 Å². The summed E-state index contributed by atoms with van der Waals surface area (Å²) in [5.74, 6) is 0.936. The zero-order chi connectivity index (χ0) is 20.5. The lowest BCUT2D eigenvalue weighted by molar-refractivity contribution is 0.348. The van der Waals surface area contributed by atoms with Crippen LogP contribution in [0.15, 0.2) is 53.9 Å². The van der Waals surface area contributed by atoms with Crippen LogP contribution in [-0.2, 0) is 0 Å². The number of nitrogens with one attached hydrogen (secondary N) is 1. The summed E-state index contributed by atoms with van der Waals surface area (Å²) in [5, 5.41) is 17.2. The lowest BCUT2D eigenvalue weighted by Crippen LogP contribution is -2.21. The molecule has 2 heterocycles. The van der Waals surface area contributed by atoms with Gasteiger partial charge in [0.05, 0.1) is 31.4 Å². The summed E-state index contributed by atoms with van der Waals surface area (Å²) in [6.07, 6.45) is 0. The summed E-state index contributed by atoms with van der Waals surface area (Å²) in [6, 6.07) is 15.8. The number of benzene rings is 2. The Morgan fingerprint density at radius 1 is 1.14 bits per heavy atom. The molecule has 0 unspecified atom stereocenters. The number of methoxy groups -OCH3 is 2. The van der Waals surface area contributed by atoms with Crippen LogP contribution in [0.1, 0.15) is 22.6 Å². The topological polar surface area (TPSA) is 106 Å². The van der Waals surface area contributed by atoms with Crippen molar-refractivity contribution in [1.82, 2.24) is 10.2 Å². The maximum absolute atomic E-state index is 9.87. The molecule has 4 rings (SSSR count). The number of H-pyrrole nitrogens is 1. The van der Waals surface area contributed by atoms with Crippen LogP contribution in [0.2, 0.25) is 0 Å². The minimum atomic E-state index is -0.524. The summed E-state index contributed by atoms with van der Waals surface area (Å²) in [5.41, 5.74) is 10.7. The number of aromatic amines is 1. The van der Waals surface area contributed by atoms with E-state index in [1.807, 2.05) is 43.3 Å². The third kappa shape index (κ3) is 2.95. The molecule has 29 heavy (non-hydrogen) atoms. The number of aryl methyl sites for hydroxylation is 1. The van der Waals surface area contributed by atoms with E-state index in [1.165, 1.54) is 0 Å². The summed E-state index contributed by atoms with van der Waals surface area (Å²) in [6.45, 7) is 2.02. The summed E-state index contributed by atoms with van der Waals surface area (Å²) in [4.78, 5) is 0. The van der Waals surface area contributed by atoms with E-state index in [2.05, 4.69) is 16.3 Å². The molecule has 0 bridgehead atoms. The predicted molar refractivity (Wildman–Crippen MR) is 108 cm³/mol. The molecular weight excluding hydrogens is 368 g/mol. The number of hydrogen-bond donors (Lipinski definition) is 2. The normalized spacial score (nSPS) is 15.3. The van der Waals surface area contributed by atoms with E-state index in [4.69, 9.17) is 19.9 Å². The largest absolute Gasteiger partial charge is 0.493 e. The molecule has 1 aliphatic rings. The molecule has 7 nitrogen and oxygen atoms in total. The highest BCUT2D eigenvalue weighted by Gasteiger charge is 2.37. The van der Waals surface area contributed by atoms with Crippen LogP contribution in [-0.4, -0.2) is 24.4 Å². The quantitative estimate of drug-likeness (QED) is 0.707. The van der Waals surface area contributed by atoms with Gasteiger partial charge in [0.25, 0.3) is 0 Å². The number of para-hydroxylation sites is 1. The highest BCUT2D eigenvalue weighted by Crippen LogP contribution is 2.49. The molecule has 0 amide bonds. The van der Waals surface area contributed by atoms with Gasteiger partial charge >= 0.3 is 0 Å². The average Bonchev–Trinajstić information content (AvgIpc) is 3.15. The Morgan fingerprint density at radius 3 is 2.55 bits per heavy atom. The average molecular weight is 388 g/mol. The molecule has 1 aliphatic heterocycles. The van der Waals surface area contributed by atoms with E-state index in [0.717, 1.165) is 27.9 Å². The van der Waals surface area contributed by atoms with E-state index < -0.39 is 5.92 Å². The molecule has 0 saturated heterocycles. The zero-order valence-electron chi connectivity index (χ0n) is 16.3. The number of nitriles is 1. The Labute approximate surface area is 168 Å².